The predicted octanol–water partition coefficient (Wildman–Crippen LogP) is 0.708. The number of amides is 1. The van der Waals surface area contributed by atoms with E-state index in [2.05, 4.69) is 12.2 Å². The van der Waals surface area contributed by atoms with Gasteiger partial charge in [0.1, 0.15) is 0 Å². The average molecular weight is 201 g/mol. The maximum atomic E-state index is 11.0. The lowest BCUT2D eigenvalue weighted by Crippen LogP contribution is -2.32. The highest BCUT2D eigenvalue weighted by Gasteiger charge is 2.15. The zero-order chi connectivity index (χ0) is 10.2. The summed E-state index contributed by atoms with van der Waals surface area (Å²) in [5, 5.41) is 2.79. The molecular weight excluding hydrogens is 182 g/mol. The van der Waals surface area contributed by atoms with Crippen LogP contribution in [0.1, 0.15) is 26.2 Å². The molecule has 14 heavy (non-hydrogen) atoms. The Hall–Kier alpha value is -0.610. The number of ether oxygens (including phenoxy) is 2. The van der Waals surface area contributed by atoms with Crippen molar-refractivity contribution in [1.29, 1.82) is 0 Å². The highest BCUT2D eigenvalue weighted by molar-refractivity contribution is 5.76. The van der Waals surface area contributed by atoms with Crippen LogP contribution >= 0.6 is 0 Å². The van der Waals surface area contributed by atoms with Crippen LogP contribution in [-0.4, -0.2) is 38.4 Å². The standard InChI is InChI=1S/C10H19NO3/c1-2-3-5-13-8-9-7-11-10(12)4-6-14-9/h9H,2-8H2,1H3,(H,11,12)/t9-/m0/s1. The molecule has 1 heterocycles. The van der Waals surface area contributed by atoms with Gasteiger partial charge in [-0.15, -0.1) is 0 Å². The summed E-state index contributed by atoms with van der Waals surface area (Å²) in [4.78, 5) is 11.0. The Balaban J connectivity index is 2.08. The third kappa shape index (κ3) is 4.58. The molecule has 1 atom stereocenters. The van der Waals surface area contributed by atoms with Crippen molar-refractivity contribution in [3.8, 4) is 0 Å². The second kappa shape index (κ2) is 6.79. The van der Waals surface area contributed by atoms with E-state index in [1.165, 1.54) is 0 Å². The van der Waals surface area contributed by atoms with Crippen LogP contribution in [0.4, 0.5) is 0 Å². The molecule has 1 saturated heterocycles. The Morgan fingerprint density at radius 3 is 3.29 bits per heavy atom. The third-order valence-corrected chi connectivity index (χ3v) is 2.16. The van der Waals surface area contributed by atoms with E-state index in [-0.39, 0.29) is 12.0 Å². The highest BCUT2D eigenvalue weighted by Crippen LogP contribution is 2.00. The van der Waals surface area contributed by atoms with E-state index >= 15 is 0 Å². The molecule has 0 aromatic rings. The van der Waals surface area contributed by atoms with E-state index in [0.717, 1.165) is 19.4 Å². The number of carbonyl (C=O) groups excluding carboxylic acids is 1. The van der Waals surface area contributed by atoms with Crippen molar-refractivity contribution in [2.45, 2.75) is 32.3 Å². The van der Waals surface area contributed by atoms with Gasteiger partial charge < -0.3 is 14.8 Å². The first-order valence-electron chi connectivity index (χ1n) is 5.29. The molecular formula is C10H19NO3. The van der Waals surface area contributed by atoms with Gasteiger partial charge in [0.25, 0.3) is 0 Å². The van der Waals surface area contributed by atoms with Crippen LogP contribution in [0.15, 0.2) is 0 Å². The Morgan fingerprint density at radius 1 is 1.64 bits per heavy atom. The summed E-state index contributed by atoms with van der Waals surface area (Å²) in [6, 6.07) is 0. The van der Waals surface area contributed by atoms with Gasteiger partial charge in [-0.1, -0.05) is 13.3 Å². The van der Waals surface area contributed by atoms with Crippen molar-refractivity contribution in [3.05, 3.63) is 0 Å². The fourth-order valence-electron chi connectivity index (χ4n) is 1.26. The lowest BCUT2D eigenvalue weighted by molar-refractivity contribution is -0.120. The molecule has 0 saturated carbocycles. The van der Waals surface area contributed by atoms with Crippen molar-refractivity contribution in [3.63, 3.8) is 0 Å². The summed E-state index contributed by atoms with van der Waals surface area (Å²) in [7, 11) is 0. The molecule has 1 aliphatic heterocycles. The van der Waals surface area contributed by atoms with Crippen LogP contribution in [0.25, 0.3) is 0 Å². The lowest BCUT2D eigenvalue weighted by Gasteiger charge is -2.14. The van der Waals surface area contributed by atoms with Gasteiger partial charge >= 0.3 is 0 Å². The Morgan fingerprint density at radius 2 is 2.50 bits per heavy atom. The molecule has 0 bridgehead atoms. The molecule has 82 valence electrons. The van der Waals surface area contributed by atoms with Crippen molar-refractivity contribution in [2.24, 2.45) is 0 Å². The lowest BCUT2D eigenvalue weighted by atomic mass is 10.3. The van der Waals surface area contributed by atoms with Crippen LogP contribution in [0.2, 0.25) is 0 Å². The molecule has 1 rings (SSSR count). The number of hydrogen-bond donors (Lipinski definition) is 1. The topological polar surface area (TPSA) is 47.6 Å². The van der Waals surface area contributed by atoms with Crippen molar-refractivity contribution < 1.29 is 14.3 Å². The van der Waals surface area contributed by atoms with E-state index in [1.807, 2.05) is 0 Å². The van der Waals surface area contributed by atoms with Crippen LogP contribution in [0, 0.1) is 0 Å². The molecule has 1 amide bonds. The Labute approximate surface area is 85.0 Å². The largest absolute Gasteiger partial charge is 0.379 e. The fourth-order valence-corrected chi connectivity index (χ4v) is 1.26. The minimum atomic E-state index is 0.0262. The number of nitrogens with one attached hydrogen (secondary N) is 1. The second-order valence-electron chi connectivity index (χ2n) is 3.48. The van der Waals surface area contributed by atoms with Gasteiger partial charge in [-0.2, -0.15) is 0 Å². The molecule has 0 radical (unpaired) electrons. The summed E-state index contributed by atoms with van der Waals surface area (Å²) in [5.41, 5.74) is 0. The second-order valence-corrected chi connectivity index (χ2v) is 3.48. The van der Waals surface area contributed by atoms with Crippen LogP contribution in [-0.2, 0) is 14.3 Å². The Bertz CT molecular complexity index is 173. The molecule has 0 aromatic carbocycles. The van der Waals surface area contributed by atoms with E-state index in [0.29, 0.717) is 26.2 Å². The maximum absolute atomic E-state index is 11.0. The van der Waals surface area contributed by atoms with Gasteiger partial charge in [0.2, 0.25) is 5.91 Å². The maximum Gasteiger partial charge on any atom is 0.222 e. The number of unbranched alkanes of at least 4 members (excludes halogenated alkanes) is 1. The Kier molecular flexibility index (Phi) is 5.56. The summed E-state index contributed by atoms with van der Waals surface area (Å²) in [6.07, 6.45) is 2.71. The number of rotatable bonds is 5. The van der Waals surface area contributed by atoms with Crippen LogP contribution < -0.4 is 5.32 Å². The van der Waals surface area contributed by atoms with Crippen molar-refractivity contribution in [2.75, 3.05) is 26.4 Å². The predicted molar refractivity (Wildman–Crippen MR) is 53.1 cm³/mol. The summed E-state index contributed by atoms with van der Waals surface area (Å²) < 4.78 is 10.9. The van der Waals surface area contributed by atoms with Gasteiger partial charge in [0, 0.05) is 19.6 Å². The average Bonchev–Trinajstić information content (AvgIpc) is 2.38. The summed E-state index contributed by atoms with van der Waals surface area (Å²) in [6.45, 7) is 4.58. The van der Waals surface area contributed by atoms with Crippen molar-refractivity contribution >= 4 is 5.91 Å². The highest BCUT2D eigenvalue weighted by atomic mass is 16.5. The fraction of sp³-hybridized carbons (Fsp3) is 0.900. The number of hydrogen-bond acceptors (Lipinski definition) is 3. The molecule has 0 aromatic heterocycles. The zero-order valence-corrected chi connectivity index (χ0v) is 8.75. The van der Waals surface area contributed by atoms with E-state index in [4.69, 9.17) is 9.47 Å². The molecule has 1 N–H and O–H groups in total. The van der Waals surface area contributed by atoms with Gasteiger partial charge in [-0.25, -0.2) is 0 Å². The smallest absolute Gasteiger partial charge is 0.222 e. The molecule has 0 aliphatic carbocycles. The molecule has 1 fully saturated rings. The monoisotopic (exact) mass is 201 g/mol. The first kappa shape index (κ1) is 11.5. The first-order chi connectivity index (χ1) is 6.83. The number of carbonyl (C=O) groups is 1. The quantitative estimate of drug-likeness (QED) is 0.666. The molecule has 1 aliphatic rings. The van der Waals surface area contributed by atoms with Gasteiger partial charge in [0.15, 0.2) is 0 Å². The van der Waals surface area contributed by atoms with Gasteiger partial charge in [0.05, 0.1) is 19.3 Å². The van der Waals surface area contributed by atoms with Crippen LogP contribution in [0.5, 0.6) is 0 Å². The third-order valence-electron chi connectivity index (χ3n) is 2.16. The van der Waals surface area contributed by atoms with Crippen LogP contribution in [0.3, 0.4) is 0 Å². The zero-order valence-electron chi connectivity index (χ0n) is 8.75. The van der Waals surface area contributed by atoms with E-state index in [9.17, 15) is 4.79 Å². The molecule has 4 nitrogen and oxygen atoms in total. The molecule has 0 unspecified atom stereocenters. The summed E-state index contributed by atoms with van der Waals surface area (Å²) in [5.74, 6) is 0.0704. The minimum absolute atomic E-state index is 0.0262. The summed E-state index contributed by atoms with van der Waals surface area (Å²) >= 11 is 0. The molecule has 4 heteroatoms. The first-order valence-corrected chi connectivity index (χ1v) is 5.29. The van der Waals surface area contributed by atoms with Crippen molar-refractivity contribution in [1.82, 2.24) is 5.32 Å². The minimum Gasteiger partial charge on any atom is -0.379 e. The van der Waals surface area contributed by atoms with E-state index < -0.39 is 0 Å². The normalized spacial score (nSPS) is 22.9. The van der Waals surface area contributed by atoms with E-state index in [1.54, 1.807) is 0 Å². The molecule has 0 spiro atoms. The SMILES string of the molecule is CCCCOC[C@@H]1CNC(=O)CCO1. The van der Waals surface area contributed by atoms with Gasteiger partial charge in [-0.05, 0) is 6.42 Å². The van der Waals surface area contributed by atoms with Gasteiger partial charge in [-0.3, -0.25) is 4.79 Å².